The molecule has 0 aliphatic rings. The Kier molecular flexibility index (Phi) is 7.96. The van der Waals surface area contributed by atoms with Gasteiger partial charge in [-0.25, -0.2) is 0 Å². The van der Waals surface area contributed by atoms with E-state index in [4.69, 9.17) is 4.74 Å². The third-order valence-electron chi connectivity index (χ3n) is 2.42. The molecular weight excluding hydrogens is 192 g/mol. The van der Waals surface area contributed by atoms with Gasteiger partial charge in [0.05, 0.1) is 6.61 Å². The zero-order valence-corrected chi connectivity index (χ0v) is 10.0. The van der Waals surface area contributed by atoms with Crippen molar-refractivity contribution >= 4 is 11.8 Å². The highest BCUT2D eigenvalue weighted by Gasteiger charge is 2.11. The Labute approximate surface area is 92.2 Å². The zero-order chi connectivity index (χ0) is 11.7. The zero-order valence-electron chi connectivity index (χ0n) is 10.0. The van der Waals surface area contributed by atoms with Gasteiger partial charge in [0, 0.05) is 0 Å². The minimum atomic E-state index is -0.391. The number of hydrogen-bond acceptors (Lipinski definition) is 3. The van der Waals surface area contributed by atoms with E-state index in [9.17, 15) is 9.59 Å². The molecule has 1 atom stereocenters. The summed E-state index contributed by atoms with van der Waals surface area (Å²) >= 11 is 0. The number of ether oxygens (including phenoxy) is 1. The highest BCUT2D eigenvalue weighted by atomic mass is 16.5. The van der Waals surface area contributed by atoms with Crippen LogP contribution in [0.15, 0.2) is 0 Å². The molecule has 0 spiro atoms. The van der Waals surface area contributed by atoms with E-state index >= 15 is 0 Å². The molecule has 3 heteroatoms. The van der Waals surface area contributed by atoms with Crippen molar-refractivity contribution in [3.63, 3.8) is 0 Å². The van der Waals surface area contributed by atoms with Crippen LogP contribution in [0, 0.1) is 5.92 Å². The van der Waals surface area contributed by atoms with Crippen LogP contribution in [0.1, 0.15) is 52.9 Å². The van der Waals surface area contributed by atoms with Gasteiger partial charge >= 0.3 is 5.97 Å². The standard InChI is InChI=1S/C12H22O3/c1-4-6-7-11(5-2)9-15-12(14)8-10(3)13/h11H,4-9H2,1-3H3/t11-/m0/s1. The second-order valence-electron chi connectivity index (χ2n) is 3.98. The smallest absolute Gasteiger partial charge is 0.313 e. The minimum Gasteiger partial charge on any atom is -0.465 e. The highest BCUT2D eigenvalue weighted by Crippen LogP contribution is 2.13. The molecule has 0 aromatic rings. The van der Waals surface area contributed by atoms with E-state index in [1.807, 2.05) is 0 Å². The van der Waals surface area contributed by atoms with Crippen molar-refractivity contribution in [1.29, 1.82) is 0 Å². The molecule has 0 aliphatic heterocycles. The van der Waals surface area contributed by atoms with E-state index in [-0.39, 0.29) is 12.2 Å². The molecule has 0 fully saturated rings. The Balaban J connectivity index is 3.69. The SMILES string of the molecule is CCCC[C@H](CC)COC(=O)CC(C)=O. The van der Waals surface area contributed by atoms with Gasteiger partial charge in [0.2, 0.25) is 0 Å². The molecule has 0 N–H and O–H groups in total. The van der Waals surface area contributed by atoms with Gasteiger partial charge in [-0.2, -0.15) is 0 Å². The molecule has 0 aromatic heterocycles. The van der Waals surface area contributed by atoms with E-state index in [0.717, 1.165) is 19.3 Å². The van der Waals surface area contributed by atoms with Crippen molar-refractivity contribution in [3.05, 3.63) is 0 Å². The molecule has 0 aliphatic carbocycles. The van der Waals surface area contributed by atoms with Crippen LogP contribution in [0.4, 0.5) is 0 Å². The Bertz CT molecular complexity index is 199. The Morgan fingerprint density at radius 2 is 1.93 bits per heavy atom. The molecule has 0 unspecified atom stereocenters. The summed E-state index contributed by atoms with van der Waals surface area (Å²) in [5.41, 5.74) is 0. The lowest BCUT2D eigenvalue weighted by atomic mass is 10.0. The normalized spacial score (nSPS) is 12.2. The number of hydrogen-bond donors (Lipinski definition) is 0. The molecule has 0 amide bonds. The van der Waals surface area contributed by atoms with Gasteiger partial charge in [-0.1, -0.05) is 33.1 Å². The maximum absolute atomic E-state index is 11.1. The summed E-state index contributed by atoms with van der Waals surface area (Å²) in [4.78, 5) is 21.7. The van der Waals surface area contributed by atoms with Crippen LogP contribution in [-0.2, 0) is 14.3 Å². The van der Waals surface area contributed by atoms with Crippen LogP contribution in [0.25, 0.3) is 0 Å². The summed E-state index contributed by atoms with van der Waals surface area (Å²) in [5.74, 6) is -0.0834. The summed E-state index contributed by atoms with van der Waals surface area (Å²) in [6.07, 6.45) is 4.36. The molecule has 0 saturated carbocycles. The Morgan fingerprint density at radius 1 is 1.27 bits per heavy atom. The van der Waals surface area contributed by atoms with Crippen molar-refractivity contribution in [2.75, 3.05) is 6.61 Å². The molecule has 0 bridgehead atoms. The number of carbonyl (C=O) groups is 2. The number of carbonyl (C=O) groups excluding carboxylic acids is 2. The summed E-state index contributed by atoms with van der Waals surface area (Å²) in [5, 5.41) is 0. The molecule has 15 heavy (non-hydrogen) atoms. The summed E-state index contributed by atoms with van der Waals surface area (Å²) in [6, 6.07) is 0. The highest BCUT2D eigenvalue weighted by molar-refractivity contribution is 5.94. The molecule has 0 rings (SSSR count). The Morgan fingerprint density at radius 3 is 2.40 bits per heavy atom. The first kappa shape index (κ1) is 14.1. The molecule has 3 nitrogen and oxygen atoms in total. The molecule has 88 valence electrons. The van der Waals surface area contributed by atoms with E-state index in [1.54, 1.807) is 0 Å². The maximum Gasteiger partial charge on any atom is 0.313 e. The number of Topliss-reactive ketones (excluding diaryl/α,β-unsaturated/α-hetero) is 1. The van der Waals surface area contributed by atoms with E-state index < -0.39 is 5.97 Å². The van der Waals surface area contributed by atoms with Gasteiger partial charge in [-0.3, -0.25) is 9.59 Å². The van der Waals surface area contributed by atoms with Crippen molar-refractivity contribution in [2.45, 2.75) is 52.9 Å². The summed E-state index contributed by atoms with van der Waals surface area (Å²) in [7, 11) is 0. The van der Waals surface area contributed by atoms with Gasteiger partial charge in [0.25, 0.3) is 0 Å². The van der Waals surface area contributed by atoms with Crippen LogP contribution < -0.4 is 0 Å². The second kappa shape index (κ2) is 8.45. The first-order chi connectivity index (χ1) is 7.10. The molecule has 0 aromatic carbocycles. The Hall–Kier alpha value is -0.860. The average molecular weight is 214 g/mol. The number of rotatable bonds is 8. The lowest BCUT2D eigenvalue weighted by Crippen LogP contribution is -2.15. The van der Waals surface area contributed by atoms with Gasteiger partial charge in [0.1, 0.15) is 12.2 Å². The predicted octanol–water partition coefficient (Wildman–Crippen LogP) is 2.73. The molecular formula is C12H22O3. The lowest BCUT2D eigenvalue weighted by molar-refractivity contribution is -0.147. The first-order valence-corrected chi connectivity index (χ1v) is 5.75. The number of ketones is 1. The number of unbranched alkanes of at least 4 members (excludes halogenated alkanes) is 1. The average Bonchev–Trinajstić information content (AvgIpc) is 2.17. The largest absolute Gasteiger partial charge is 0.465 e. The van der Waals surface area contributed by atoms with Crippen LogP contribution in [0.3, 0.4) is 0 Å². The van der Waals surface area contributed by atoms with Crippen LogP contribution in [-0.4, -0.2) is 18.4 Å². The van der Waals surface area contributed by atoms with Crippen LogP contribution in [0.5, 0.6) is 0 Å². The summed E-state index contributed by atoms with van der Waals surface area (Å²) < 4.78 is 5.04. The molecule has 0 saturated heterocycles. The van der Waals surface area contributed by atoms with Gasteiger partial charge < -0.3 is 4.74 Å². The first-order valence-electron chi connectivity index (χ1n) is 5.75. The monoisotopic (exact) mass is 214 g/mol. The fourth-order valence-electron chi connectivity index (χ4n) is 1.36. The van der Waals surface area contributed by atoms with Crippen molar-refractivity contribution in [1.82, 2.24) is 0 Å². The van der Waals surface area contributed by atoms with Gasteiger partial charge in [-0.05, 0) is 19.3 Å². The third-order valence-corrected chi connectivity index (χ3v) is 2.42. The fraction of sp³-hybridized carbons (Fsp3) is 0.833. The second-order valence-corrected chi connectivity index (χ2v) is 3.98. The topological polar surface area (TPSA) is 43.4 Å². The van der Waals surface area contributed by atoms with Crippen molar-refractivity contribution in [2.24, 2.45) is 5.92 Å². The fourth-order valence-corrected chi connectivity index (χ4v) is 1.36. The molecule has 0 heterocycles. The quantitative estimate of drug-likeness (QED) is 0.461. The minimum absolute atomic E-state index is 0.0930. The summed E-state index contributed by atoms with van der Waals surface area (Å²) in [6.45, 7) is 6.10. The van der Waals surface area contributed by atoms with E-state index in [0.29, 0.717) is 12.5 Å². The number of esters is 1. The van der Waals surface area contributed by atoms with E-state index in [2.05, 4.69) is 13.8 Å². The van der Waals surface area contributed by atoms with Gasteiger partial charge in [0.15, 0.2) is 0 Å². The van der Waals surface area contributed by atoms with Crippen LogP contribution >= 0.6 is 0 Å². The van der Waals surface area contributed by atoms with Crippen molar-refractivity contribution < 1.29 is 14.3 Å². The predicted molar refractivity (Wildman–Crippen MR) is 59.6 cm³/mol. The lowest BCUT2D eigenvalue weighted by Gasteiger charge is -2.14. The van der Waals surface area contributed by atoms with Crippen LogP contribution in [0.2, 0.25) is 0 Å². The van der Waals surface area contributed by atoms with Gasteiger partial charge in [-0.15, -0.1) is 0 Å². The third kappa shape index (κ3) is 8.16. The van der Waals surface area contributed by atoms with Crippen molar-refractivity contribution in [3.8, 4) is 0 Å². The maximum atomic E-state index is 11.1. The van der Waals surface area contributed by atoms with E-state index in [1.165, 1.54) is 13.3 Å². The molecule has 0 radical (unpaired) electrons.